The topological polar surface area (TPSA) is 51.1 Å². The van der Waals surface area contributed by atoms with Gasteiger partial charge in [-0.05, 0) is 60.7 Å². The first-order valence-electron chi connectivity index (χ1n) is 10.1. The van der Waals surface area contributed by atoms with Crippen molar-refractivity contribution in [3.05, 3.63) is 28.7 Å². The molecular formula is C22H30N2O3S. The summed E-state index contributed by atoms with van der Waals surface area (Å²) in [5, 5.41) is 0.846. The lowest BCUT2D eigenvalue weighted by molar-refractivity contribution is -0.113. The van der Waals surface area contributed by atoms with Crippen LogP contribution >= 0.6 is 11.8 Å². The van der Waals surface area contributed by atoms with E-state index >= 15 is 0 Å². The van der Waals surface area contributed by atoms with Crippen LogP contribution in [0.15, 0.2) is 28.1 Å². The molecule has 5 nitrogen and oxygen atoms in total. The Morgan fingerprint density at radius 3 is 2.61 bits per heavy atom. The molecule has 28 heavy (non-hydrogen) atoms. The molecule has 0 N–H and O–H groups in total. The first-order valence-corrected chi connectivity index (χ1v) is 11.0. The van der Waals surface area contributed by atoms with E-state index in [0.717, 1.165) is 36.0 Å². The smallest absolute Gasteiger partial charge is 0.286 e. The monoisotopic (exact) mass is 402 g/mol. The van der Waals surface area contributed by atoms with Gasteiger partial charge in [0.05, 0.1) is 18.6 Å². The molecule has 0 saturated carbocycles. The van der Waals surface area contributed by atoms with Gasteiger partial charge in [0.1, 0.15) is 0 Å². The quantitative estimate of drug-likeness (QED) is 0.629. The molecule has 2 aliphatic rings. The van der Waals surface area contributed by atoms with Crippen LogP contribution in [0.2, 0.25) is 0 Å². The lowest BCUT2D eigenvalue weighted by atomic mass is 10.1. The van der Waals surface area contributed by atoms with Gasteiger partial charge in [0.2, 0.25) is 0 Å². The van der Waals surface area contributed by atoms with Crippen LogP contribution in [-0.2, 0) is 4.79 Å². The number of amidine groups is 1. The highest BCUT2D eigenvalue weighted by molar-refractivity contribution is 8.18. The zero-order valence-corrected chi connectivity index (χ0v) is 17.9. The summed E-state index contributed by atoms with van der Waals surface area (Å²) in [5.74, 6) is 1.86. The number of benzene rings is 1. The summed E-state index contributed by atoms with van der Waals surface area (Å²) in [5.41, 5.74) is 0.913. The Morgan fingerprint density at radius 2 is 1.93 bits per heavy atom. The molecule has 1 aromatic carbocycles. The van der Waals surface area contributed by atoms with Crippen LogP contribution < -0.4 is 9.47 Å². The Kier molecular flexibility index (Phi) is 7.43. The fourth-order valence-corrected chi connectivity index (χ4v) is 4.21. The van der Waals surface area contributed by atoms with Crippen LogP contribution in [0.4, 0.5) is 0 Å². The van der Waals surface area contributed by atoms with Crippen LogP contribution in [0.5, 0.6) is 11.5 Å². The van der Waals surface area contributed by atoms with E-state index in [0.29, 0.717) is 23.2 Å². The Labute approximate surface area is 172 Å². The summed E-state index contributed by atoms with van der Waals surface area (Å²) in [6.45, 7) is 6.99. The minimum atomic E-state index is -0.152. The van der Waals surface area contributed by atoms with E-state index in [4.69, 9.17) is 9.47 Å². The van der Waals surface area contributed by atoms with Gasteiger partial charge in [0.15, 0.2) is 16.7 Å². The highest BCUT2D eigenvalue weighted by Crippen LogP contribution is 2.34. The number of rotatable bonds is 6. The van der Waals surface area contributed by atoms with E-state index in [1.54, 1.807) is 7.11 Å². The highest BCUT2D eigenvalue weighted by Gasteiger charge is 2.26. The summed E-state index contributed by atoms with van der Waals surface area (Å²) in [6, 6.07) is 5.78. The number of methoxy groups -OCH3 is 1. The van der Waals surface area contributed by atoms with Gasteiger partial charge in [-0.2, -0.15) is 4.99 Å². The maximum absolute atomic E-state index is 12.4. The van der Waals surface area contributed by atoms with E-state index in [2.05, 4.69) is 23.7 Å². The first kappa shape index (κ1) is 20.8. The Morgan fingerprint density at radius 1 is 1.18 bits per heavy atom. The average molecular weight is 403 g/mol. The third-order valence-corrected chi connectivity index (χ3v) is 5.97. The highest BCUT2D eigenvalue weighted by atomic mass is 32.2. The maximum atomic E-state index is 12.4. The molecule has 1 amide bonds. The molecule has 1 aromatic rings. The standard InChI is InChI=1S/C22H30N2O3S/c1-16(2)10-13-27-18-9-8-17(14-19(18)26-3)15-20-21(25)23-22(28-20)24-11-6-4-5-7-12-24/h8-9,14-16H,4-7,10-13H2,1-3H3/b20-15+. The lowest BCUT2D eigenvalue weighted by Gasteiger charge is -2.20. The molecule has 0 atom stereocenters. The van der Waals surface area contributed by atoms with Crippen molar-refractivity contribution in [2.45, 2.75) is 46.0 Å². The minimum Gasteiger partial charge on any atom is -0.493 e. The van der Waals surface area contributed by atoms with E-state index in [-0.39, 0.29) is 5.91 Å². The third kappa shape index (κ3) is 5.53. The van der Waals surface area contributed by atoms with Crippen LogP contribution in [-0.4, -0.2) is 42.8 Å². The summed E-state index contributed by atoms with van der Waals surface area (Å²) >= 11 is 1.48. The molecule has 2 heterocycles. The van der Waals surface area contributed by atoms with Gasteiger partial charge in [-0.25, -0.2) is 0 Å². The second kappa shape index (κ2) is 10.0. The van der Waals surface area contributed by atoms with E-state index in [1.807, 2.05) is 24.3 Å². The van der Waals surface area contributed by atoms with Crippen molar-refractivity contribution >= 4 is 28.9 Å². The van der Waals surface area contributed by atoms with Crippen LogP contribution in [0.3, 0.4) is 0 Å². The number of hydrogen-bond acceptors (Lipinski definition) is 5. The molecule has 6 heteroatoms. The molecule has 0 aliphatic carbocycles. The van der Waals surface area contributed by atoms with Gasteiger partial charge in [-0.15, -0.1) is 0 Å². The van der Waals surface area contributed by atoms with Gasteiger partial charge in [0, 0.05) is 13.1 Å². The fraction of sp³-hybridized carbons (Fsp3) is 0.545. The molecule has 1 fully saturated rings. The summed E-state index contributed by atoms with van der Waals surface area (Å²) in [4.78, 5) is 19.6. The Balaban J connectivity index is 1.68. The normalized spacial score (nSPS) is 19.1. The van der Waals surface area contributed by atoms with Gasteiger partial charge >= 0.3 is 0 Å². The molecule has 3 rings (SSSR count). The molecule has 1 saturated heterocycles. The number of ether oxygens (including phenoxy) is 2. The third-order valence-electron chi connectivity index (χ3n) is 4.92. The number of thioether (sulfide) groups is 1. The zero-order chi connectivity index (χ0) is 19.9. The zero-order valence-electron chi connectivity index (χ0n) is 17.1. The molecule has 152 valence electrons. The van der Waals surface area contributed by atoms with Crippen molar-refractivity contribution in [3.63, 3.8) is 0 Å². The van der Waals surface area contributed by atoms with E-state index in [1.165, 1.54) is 37.4 Å². The average Bonchev–Trinajstić information content (AvgIpc) is 2.87. The molecule has 0 aromatic heterocycles. The molecule has 0 radical (unpaired) electrons. The predicted molar refractivity (Wildman–Crippen MR) is 116 cm³/mol. The molecular weight excluding hydrogens is 372 g/mol. The van der Waals surface area contributed by atoms with E-state index < -0.39 is 0 Å². The lowest BCUT2D eigenvalue weighted by Crippen LogP contribution is -2.28. The minimum absolute atomic E-state index is 0.152. The number of aliphatic imine (C=N–C) groups is 1. The van der Waals surface area contributed by atoms with Crippen LogP contribution in [0, 0.1) is 5.92 Å². The molecule has 2 aliphatic heterocycles. The summed E-state index contributed by atoms with van der Waals surface area (Å²) in [7, 11) is 1.64. The largest absolute Gasteiger partial charge is 0.493 e. The number of likely N-dealkylation sites (tertiary alicyclic amines) is 1. The SMILES string of the molecule is COc1cc(/C=C2/SC(N3CCCCCC3)=NC2=O)ccc1OCCC(C)C. The first-order chi connectivity index (χ1) is 13.6. The molecule has 0 unspecified atom stereocenters. The van der Waals surface area contributed by atoms with Crippen molar-refractivity contribution in [2.24, 2.45) is 10.9 Å². The second-order valence-electron chi connectivity index (χ2n) is 7.65. The van der Waals surface area contributed by atoms with Gasteiger partial charge < -0.3 is 14.4 Å². The van der Waals surface area contributed by atoms with Crippen molar-refractivity contribution in [2.75, 3.05) is 26.8 Å². The van der Waals surface area contributed by atoms with Crippen molar-refractivity contribution < 1.29 is 14.3 Å². The number of amides is 1. The van der Waals surface area contributed by atoms with Crippen LogP contribution in [0.25, 0.3) is 6.08 Å². The molecule has 0 spiro atoms. The summed E-state index contributed by atoms with van der Waals surface area (Å²) < 4.78 is 11.3. The van der Waals surface area contributed by atoms with Gasteiger partial charge in [-0.1, -0.05) is 32.8 Å². The van der Waals surface area contributed by atoms with Crippen molar-refractivity contribution in [3.8, 4) is 11.5 Å². The number of nitrogens with zero attached hydrogens (tertiary/aromatic N) is 2. The second-order valence-corrected chi connectivity index (χ2v) is 8.66. The van der Waals surface area contributed by atoms with Crippen molar-refractivity contribution in [1.29, 1.82) is 0 Å². The van der Waals surface area contributed by atoms with Crippen LogP contribution in [0.1, 0.15) is 51.5 Å². The number of carbonyl (C=O) groups excluding carboxylic acids is 1. The van der Waals surface area contributed by atoms with Gasteiger partial charge in [-0.3, -0.25) is 4.79 Å². The Bertz CT molecular complexity index is 750. The van der Waals surface area contributed by atoms with E-state index in [9.17, 15) is 4.79 Å². The number of hydrogen-bond donors (Lipinski definition) is 0. The predicted octanol–water partition coefficient (Wildman–Crippen LogP) is 4.97. The summed E-state index contributed by atoms with van der Waals surface area (Å²) in [6.07, 6.45) is 7.75. The van der Waals surface area contributed by atoms with Gasteiger partial charge in [0.25, 0.3) is 5.91 Å². The fourth-order valence-electron chi connectivity index (χ4n) is 3.24. The number of carbonyl (C=O) groups is 1. The van der Waals surface area contributed by atoms with Crippen molar-refractivity contribution in [1.82, 2.24) is 4.90 Å². The molecule has 0 bridgehead atoms. The maximum Gasteiger partial charge on any atom is 0.286 e. The Hall–Kier alpha value is -1.95.